The maximum absolute atomic E-state index is 12.2. The quantitative estimate of drug-likeness (QED) is 0.300. The van der Waals surface area contributed by atoms with Crippen molar-refractivity contribution in [3.05, 3.63) is 57.0 Å². The van der Waals surface area contributed by atoms with Crippen LogP contribution in [0.1, 0.15) is 23.2 Å². The minimum atomic E-state index is -0.353. The van der Waals surface area contributed by atoms with Crippen molar-refractivity contribution in [1.29, 1.82) is 0 Å². The number of aromatic nitrogens is 3. The van der Waals surface area contributed by atoms with E-state index in [-0.39, 0.29) is 23.9 Å². The highest BCUT2D eigenvalue weighted by Crippen LogP contribution is 2.18. The summed E-state index contributed by atoms with van der Waals surface area (Å²) in [7, 11) is 0. The number of thioether (sulfide) groups is 1. The lowest BCUT2D eigenvalue weighted by atomic mass is 10.2. The van der Waals surface area contributed by atoms with Crippen LogP contribution in [0.3, 0.4) is 0 Å². The molecule has 2 aromatic heterocycles. The zero-order valence-corrected chi connectivity index (χ0v) is 17.3. The maximum atomic E-state index is 12.2. The molecule has 0 spiro atoms. The van der Waals surface area contributed by atoms with Crippen molar-refractivity contribution in [2.24, 2.45) is 0 Å². The number of fused-ring (bicyclic) bond motifs is 1. The summed E-state index contributed by atoms with van der Waals surface area (Å²) < 4.78 is 11.8. The van der Waals surface area contributed by atoms with Crippen molar-refractivity contribution < 1.29 is 14.3 Å². The van der Waals surface area contributed by atoms with Crippen LogP contribution in [-0.4, -0.2) is 39.5 Å². The number of esters is 1. The van der Waals surface area contributed by atoms with Crippen molar-refractivity contribution in [1.82, 2.24) is 14.6 Å². The lowest BCUT2D eigenvalue weighted by Crippen LogP contribution is -2.17. The van der Waals surface area contributed by atoms with E-state index in [1.165, 1.54) is 39.2 Å². The van der Waals surface area contributed by atoms with Gasteiger partial charge in [-0.2, -0.15) is 9.61 Å². The van der Waals surface area contributed by atoms with Gasteiger partial charge in [-0.15, -0.1) is 11.8 Å². The average Bonchev–Trinajstić information content (AvgIpc) is 3.10. The van der Waals surface area contributed by atoms with E-state index < -0.39 is 0 Å². The Balaban J connectivity index is 1.56. The molecular formula is C19H21N3O4S2. The van der Waals surface area contributed by atoms with Gasteiger partial charge >= 0.3 is 5.97 Å². The Morgan fingerprint density at radius 2 is 2.07 bits per heavy atom. The molecule has 7 nitrogen and oxygen atoms in total. The highest BCUT2D eigenvalue weighted by Gasteiger charge is 2.11. The van der Waals surface area contributed by atoms with Gasteiger partial charge in [0.2, 0.25) is 4.96 Å². The molecule has 0 radical (unpaired) electrons. The fraction of sp³-hybridized carbons (Fsp3) is 0.368. The van der Waals surface area contributed by atoms with Crippen LogP contribution in [0.25, 0.3) is 4.96 Å². The molecule has 0 amide bonds. The normalized spacial score (nSPS) is 11.1. The first-order valence-corrected chi connectivity index (χ1v) is 10.7. The van der Waals surface area contributed by atoms with Gasteiger partial charge in [0.25, 0.3) is 5.56 Å². The molecule has 9 heteroatoms. The first kappa shape index (κ1) is 20.5. The van der Waals surface area contributed by atoms with Crippen LogP contribution in [0.15, 0.2) is 40.0 Å². The number of hydrogen-bond donors (Lipinski definition) is 0. The van der Waals surface area contributed by atoms with Gasteiger partial charge in [0.15, 0.2) is 0 Å². The third-order valence-electron chi connectivity index (χ3n) is 3.76. The monoisotopic (exact) mass is 419 g/mol. The van der Waals surface area contributed by atoms with Crippen molar-refractivity contribution in [2.45, 2.75) is 31.8 Å². The second-order valence-corrected chi connectivity index (χ2v) is 8.07. The van der Waals surface area contributed by atoms with Crippen LogP contribution in [0.5, 0.6) is 0 Å². The molecule has 0 saturated heterocycles. The molecule has 2 heterocycles. The van der Waals surface area contributed by atoms with Crippen LogP contribution in [0, 0.1) is 6.92 Å². The highest BCUT2D eigenvalue weighted by molar-refractivity contribution is 8.00. The Hall–Kier alpha value is -2.23. The molecule has 28 heavy (non-hydrogen) atoms. The fourth-order valence-electron chi connectivity index (χ4n) is 2.35. The van der Waals surface area contributed by atoms with E-state index in [9.17, 15) is 9.59 Å². The fourth-order valence-corrected chi connectivity index (χ4v) is 3.94. The Morgan fingerprint density at radius 3 is 2.82 bits per heavy atom. The standard InChI is InChI=1S/C19H21N3O4S2/c1-3-25-9-8-16-21-22-17(23)10-14(20-19(22)28-16)11-26-18(24)12-27-15-6-4-13(2)5-7-15/h4-7,10H,3,8-9,11-12H2,1-2H3. The number of carbonyl (C=O) groups is 1. The lowest BCUT2D eigenvalue weighted by Gasteiger charge is -2.05. The van der Waals surface area contributed by atoms with Gasteiger partial charge in [-0.25, -0.2) is 4.98 Å². The molecule has 0 unspecified atom stereocenters. The second-order valence-electron chi connectivity index (χ2n) is 5.99. The third kappa shape index (κ3) is 5.63. The van der Waals surface area contributed by atoms with Gasteiger partial charge < -0.3 is 9.47 Å². The first-order chi connectivity index (χ1) is 13.5. The third-order valence-corrected chi connectivity index (χ3v) is 5.72. The zero-order valence-electron chi connectivity index (χ0n) is 15.7. The second kappa shape index (κ2) is 9.81. The van der Waals surface area contributed by atoms with Crippen molar-refractivity contribution >= 4 is 34.0 Å². The average molecular weight is 420 g/mol. The van der Waals surface area contributed by atoms with E-state index in [0.29, 0.717) is 30.3 Å². The summed E-state index contributed by atoms with van der Waals surface area (Å²) in [6.45, 7) is 5.09. The van der Waals surface area contributed by atoms with Crippen molar-refractivity contribution in [2.75, 3.05) is 19.0 Å². The maximum Gasteiger partial charge on any atom is 0.316 e. The Bertz CT molecular complexity index is 999. The van der Waals surface area contributed by atoms with Crippen LogP contribution >= 0.6 is 23.1 Å². The minimum absolute atomic E-state index is 0.0365. The van der Waals surface area contributed by atoms with Gasteiger partial charge in [0.05, 0.1) is 18.1 Å². The summed E-state index contributed by atoms with van der Waals surface area (Å²) in [4.78, 5) is 30.1. The molecule has 3 rings (SSSR count). The summed E-state index contributed by atoms with van der Waals surface area (Å²) in [5, 5.41) is 5.04. The lowest BCUT2D eigenvalue weighted by molar-refractivity contribution is -0.141. The number of nitrogens with zero attached hydrogens (tertiary/aromatic N) is 3. The predicted molar refractivity (Wildman–Crippen MR) is 109 cm³/mol. The number of hydrogen-bond acceptors (Lipinski definition) is 8. The smallest absolute Gasteiger partial charge is 0.316 e. The Kier molecular flexibility index (Phi) is 7.18. The van der Waals surface area contributed by atoms with E-state index in [0.717, 1.165) is 9.90 Å². The molecule has 0 aliphatic rings. The summed E-state index contributed by atoms with van der Waals surface area (Å²) in [6, 6.07) is 9.28. The van der Waals surface area contributed by atoms with Crippen molar-refractivity contribution in [3.63, 3.8) is 0 Å². The van der Waals surface area contributed by atoms with E-state index >= 15 is 0 Å². The van der Waals surface area contributed by atoms with E-state index in [2.05, 4.69) is 10.1 Å². The summed E-state index contributed by atoms with van der Waals surface area (Å²) in [6.07, 6.45) is 0.627. The van der Waals surface area contributed by atoms with E-state index in [1.807, 2.05) is 38.1 Å². The summed E-state index contributed by atoms with van der Waals surface area (Å²) >= 11 is 2.75. The van der Waals surface area contributed by atoms with Gasteiger partial charge in [-0.3, -0.25) is 9.59 Å². The van der Waals surface area contributed by atoms with Gasteiger partial charge in [-0.05, 0) is 26.0 Å². The molecular weight excluding hydrogens is 398 g/mol. The summed E-state index contributed by atoms with van der Waals surface area (Å²) in [5.41, 5.74) is 1.30. The number of aryl methyl sites for hydroxylation is 1. The minimum Gasteiger partial charge on any atom is -0.459 e. The van der Waals surface area contributed by atoms with E-state index in [1.54, 1.807) is 0 Å². The van der Waals surface area contributed by atoms with Crippen LogP contribution in [0.2, 0.25) is 0 Å². The molecule has 0 aliphatic heterocycles. The highest BCUT2D eigenvalue weighted by atomic mass is 32.2. The molecule has 148 valence electrons. The Labute approximate surface area is 170 Å². The molecule has 1 aromatic carbocycles. The molecule has 0 fully saturated rings. The molecule has 0 atom stereocenters. The topological polar surface area (TPSA) is 82.8 Å². The van der Waals surface area contributed by atoms with E-state index in [4.69, 9.17) is 9.47 Å². The van der Waals surface area contributed by atoms with Gasteiger partial charge in [0, 0.05) is 24.0 Å². The molecule has 0 saturated carbocycles. The van der Waals surface area contributed by atoms with Crippen LogP contribution < -0.4 is 5.56 Å². The van der Waals surface area contributed by atoms with Gasteiger partial charge in [-0.1, -0.05) is 29.0 Å². The number of benzene rings is 1. The first-order valence-electron chi connectivity index (χ1n) is 8.86. The number of rotatable bonds is 9. The largest absolute Gasteiger partial charge is 0.459 e. The molecule has 0 aliphatic carbocycles. The van der Waals surface area contributed by atoms with Crippen LogP contribution in [0.4, 0.5) is 0 Å². The number of carbonyl (C=O) groups excluding carboxylic acids is 1. The SMILES string of the molecule is CCOCCc1nn2c(=O)cc(COC(=O)CSc3ccc(C)cc3)nc2s1. The predicted octanol–water partition coefficient (Wildman–Crippen LogP) is 2.87. The van der Waals surface area contributed by atoms with Crippen molar-refractivity contribution in [3.8, 4) is 0 Å². The molecule has 3 aromatic rings. The molecule has 0 bridgehead atoms. The molecule has 0 N–H and O–H groups in total. The van der Waals surface area contributed by atoms with Crippen LogP contribution in [-0.2, 0) is 27.3 Å². The number of ether oxygens (including phenoxy) is 2. The zero-order chi connectivity index (χ0) is 19.9. The summed E-state index contributed by atoms with van der Waals surface area (Å²) in [5.74, 6) is -0.152. The Morgan fingerprint density at radius 1 is 1.29 bits per heavy atom. The van der Waals surface area contributed by atoms with Gasteiger partial charge in [0.1, 0.15) is 11.6 Å².